The van der Waals surface area contributed by atoms with Crippen molar-refractivity contribution in [2.45, 2.75) is 32.9 Å². The second kappa shape index (κ2) is 5.80. The van der Waals surface area contributed by atoms with Crippen molar-refractivity contribution in [3.05, 3.63) is 48.4 Å². The van der Waals surface area contributed by atoms with Gasteiger partial charge in [-0.3, -0.25) is 4.98 Å². The van der Waals surface area contributed by atoms with E-state index in [0.29, 0.717) is 18.2 Å². The number of ether oxygens (including phenoxy) is 1. The van der Waals surface area contributed by atoms with Crippen molar-refractivity contribution in [2.75, 3.05) is 0 Å². The van der Waals surface area contributed by atoms with Gasteiger partial charge in [-0.1, -0.05) is 6.07 Å². The molecule has 0 unspecified atom stereocenters. The number of hydrogen-bond donors (Lipinski definition) is 1. The average molecular weight is 257 g/mol. The minimum atomic E-state index is 0.0713. The van der Waals surface area contributed by atoms with E-state index in [4.69, 9.17) is 4.74 Å². The molecule has 2 aromatic heterocycles. The third-order valence-electron chi connectivity index (χ3n) is 2.44. The molecule has 0 fully saturated rings. The molecule has 0 aliphatic rings. The number of aromatic nitrogens is 2. The minimum Gasteiger partial charge on any atom is -0.437 e. The lowest BCUT2D eigenvalue weighted by Crippen LogP contribution is -2.35. The van der Waals surface area contributed by atoms with E-state index >= 15 is 0 Å². The molecule has 0 saturated carbocycles. The Morgan fingerprint density at radius 2 is 2.00 bits per heavy atom. The van der Waals surface area contributed by atoms with Crippen LogP contribution in [-0.2, 0) is 6.54 Å². The molecule has 2 heterocycles. The first kappa shape index (κ1) is 13.5. The molecule has 0 saturated heterocycles. The van der Waals surface area contributed by atoms with Gasteiger partial charge in [-0.2, -0.15) is 0 Å². The molecule has 0 spiro atoms. The summed E-state index contributed by atoms with van der Waals surface area (Å²) in [5.41, 5.74) is 1.03. The molecule has 100 valence electrons. The highest BCUT2D eigenvalue weighted by Gasteiger charge is 2.09. The van der Waals surface area contributed by atoms with Crippen LogP contribution >= 0.6 is 0 Å². The van der Waals surface area contributed by atoms with E-state index in [1.54, 1.807) is 12.4 Å². The van der Waals surface area contributed by atoms with Gasteiger partial charge in [-0.05, 0) is 39.0 Å². The Hall–Kier alpha value is -1.94. The molecule has 19 heavy (non-hydrogen) atoms. The van der Waals surface area contributed by atoms with Gasteiger partial charge in [0.05, 0.1) is 11.9 Å². The maximum absolute atomic E-state index is 5.65. The Kier molecular flexibility index (Phi) is 4.12. The van der Waals surface area contributed by atoms with Crippen LogP contribution < -0.4 is 10.1 Å². The number of nitrogens with zero attached hydrogens (tertiary/aromatic N) is 2. The molecule has 0 aromatic carbocycles. The molecule has 0 amide bonds. The summed E-state index contributed by atoms with van der Waals surface area (Å²) in [5, 5.41) is 3.40. The first-order valence-electron chi connectivity index (χ1n) is 6.32. The monoisotopic (exact) mass is 257 g/mol. The molecular weight excluding hydrogens is 238 g/mol. The zero-order valence-electron chi connectivity index (χ0n) is 11.6. The van der Waals surface area contributed by atoms with Gasteiger partial charge in [0.2, 0.25) is 5.88 Å². The summed E-state index contributed by atoms with van der Waals surface area (Å²) < 4.78 is 5.65. The van der Waals surface area contributed by atoms with Crippen LogP contribution in [0.15, 0.2) is 42.7 Å². The van der Waals surface area contributed by atoms with Gasteiger partial charge in [0.1, 0.15) is 5.75 Å². The summed E-state index contributed by atoms with van der Waals surface area (Å²) in [4.78, 5) is 8.47. The van der Waals surface area contributed by atoms with Gasteiger partial charge < -0.3 is 10.1 Å². The van der Waals surface area contributed by atoms with Gasteiger partial charge in [0, 0.05) is 24.3 Å². The van der Waals surface area contributed by atoms with E-state index in [2.05, 4.69) is 36.1 Å². The van der Waals surface area contributed by atoms with Crippen LogP contribution in [0.25, 0.3) is 0 Å². The topological polar surface area (TPSA) is 47.0 Å². The third-order valence-corrected chi connectivity index (χ3v) is 2.44. The zero-order chi connectivity index (χ0) is 13.7. The SMILES string of the molecule is CC(C)(C)NCc1cccc(Oc2cccnc2)n1. The van der Waals surface area contributed by atoms with Crippen molar-refractivity contribution in [1.82, 2.24) is 15.3 Å². The lowest BCUT2D eigenvalue weighted by Gasteiger charge is -2.20. The van der Waals surface area contributed by atoms with E-state index in [0.717, 1.165) is 5.69 Å². The molecule has 2 rings (SSSR count). The van der Waals surface area contributed by atoms with E-state index < -0.39 is 0 Å². The molecule has 4 heteroatoms. The highest BCUT2D eigenvalue weighted by Crippen LogP contribution is 2.17. The highest BCUT2D eigenvalue weighted by molar-refractivity contribution is 5.24. The molecule has 2 aromatic rings. The predicted molar refractivity (Wildman–Crippen MR) is 75.1 cm³/mol. The second-order valence-electron chi connectivity index (χ2n) is 5.36. The summed E-state index contributed by atoms with van der Waals surface area (Å²) in [6.07, 6.45) is 3.38. The fourth-order valence-corrected chi connectivity index (χ4v) is 1.50. The quantitative estimate of drug-likeness (QED) is 0.914. The van der Waals surface area contributed by atoms with E-state index in [9.17, 15) is 0 Å². The lowest BCUT2D eigenvalue weighted by atomic mass is 10.1. The van der Waals surface area contributed by atoms with Crippen LogP contribution in [0.4, 0.5) is 0 Å². The van der Waals surface area contributed by atoms with Crippen molar-refractivity contribution in [3.8, 4) is 11.6 Å². The van der Waals surface area contributed by atoms with Crippen LogP contribution in [0.3, 0.4) is 0 Å². The molecule has 4 nitrogen and oxygen atoms in total. The molecule has 0 radical (unpaired) electrons. The van der Waals surface area contributed by atoms with Gasteiger partial charge in [0.25, 0.3) is 0 Å². The normalized spacial score (nSPS) is 11.3. The maximum Gasteiger partial charge on any atom is 0.219 e. The largest absolute Gasteiger partial charge is 0.437 e. The Labute approximate surface area is 113 Å². The second-order valence-corrected chi connectivity index (χ2v) is 5.36. The predicted octanol–water partition coefficient (Wildman–Crippen LogP) is 3.16. The fourth-order valence-electron chi connectivity index (χ4n) is 1.50. The van der Waals surface area contributed by atoms with Crippen molar-refractivity contribution in [1.29, 1.82) is 0 Å². The average Bonchev–Trinajstić information content (AvgIpc) is 2.37. The van der Waals surface area contributed by atoms with E-state index in [1.807, 2.05) is 30.3 Å². The summed E-state index contributed by atoms with van der Waals surface area (Å²) in [6, 6.07) is 9.45. The van der Waals surface area contributed by atoms with Crippen LogP contribution in [0.1, 0.15) is 26.5 Å². The smallest absolute Gasteiger partial charge is 0.219 e. The first-order chi connectivity index (χ1) is 9.03. The molecule has 0 atom stereocenters. The summed E-state index contributed by atoms with van der Waals surface area (Å²) >= 11 is 0. The van der Waals surface area contributed by atoms with Gasteiger partial charge in [-0.15, -0.1) is 0 Å². The summed E-state index contributed by atoms with van der Waals surface area (Å²) in [5.74, 6) is 1.28. The van der Waals surface area contributed by atoms with Crippen molar-refractivity contribution >= 4 is 0 Å². The van der Waals surface area contributed by atoms with Gasteiger partial charge in [-0.25, -0.2) is 4.98 Å². The van der Waals surface area contributed by atoms with E-state index in [1.165, 1.54) is 0 Å². The van der Waals surface area contributed by atoms with E-state index in [-0.39, 0.29) is 5.54 Å². The minimum absolute atomic E-state index is 0.0713. The number of nitrogens with one attached hydrogen (secondary N) is 1. The molecule has 0 aliphatic heterocycles. The zero-order valence-corrected chi connectivity index (χ0v) is 11.6. The molecular formula is C15H19N3O. The summed E-state index contributed by atoms with van der Waals surface area (Å²) in [7, 11) is 0. The fraction of sp³-hybridized carbons (Fsp3) is 0.333. The van der Waals surface area contributed by atoms with Gasteiger partial charge in [0.15, 0.2) is 0 Å². The standard InChI is InChI=1S/C15H19N3O/c1-15(2,3)17-10-12-6-4-8-14(18-12)19-13-7-5-9-16-11-13/h4-9,11,17H,10H2,1-3H3. The Morgan fingerprint density at radius 3 is 2.68 bits per heavy atom. The third kappa shape index (κ3) is 4.67. The Morgan fingerprint density at radius 1 is 1.16 bits per heavy atom. The van der Waals surface area contributed by atoms with Crippen LogP contribution in [0, 0.1) is 0 Å². The highest BCUT2D eigenvalue weighted by atomic mass is 16.5. The first-order valence-corrected chi connectivity index (χ1v) is 6.32. The van der Waals surface area contributed by atoms with Crippen molar-refractivity contribution < 1.29 is 4.74 Å². The molecule has 0 aliphatic carbocycles. The number of pyridine rings is 2. The molecule has 1 N–H and O–H groups in total. The van der Waals surface area contributed by atoms with Crippen LogP contribution in [0.5, 0.6) is 11.6 Å². The Balaban J connectivity index is 2.03. The Bertz CT molecular complexity index is 520. The van der Waals surface area contributed by atoms with Crippen molar-refractivity contribution in [2.24, 2.45) is 0 Å². The molecule has 0 bridgehead atoms. The lowest BCUT2D eigenvalue weighted by molar-refractivity contribution is 0.416. The van der Waals surface area contributed by atoms with Gasteiger partial charge >= 0.3 is 0 Å². The summed E-state index contributed by atoms with van der Waals surface area (Å²) in [6.45, 7) is 7.10. The maximum atomic E-state index is 5.65. The van der Waals surface area contributed by atoms with Crippen LogP contribution in [-0.4, -0.2) is 15.5 Å². The number of rotatable bonds is 4. The van der Waals surface area contributed by atoms with Crippen molar-refractivity contribution in [3.63, 3.8) is 0 Å². The van der Waals surface area contributed by atoms with Crippen LogP contribution in [0.2, 0.25) is 0 Å². The number of hydrogen-bond acceptors (Lipinski definition) is 4.